The number of aliphatic carboxylic acids is 1. The van der Waals surface area contributed by atoms with Crippen LogP contribution in [0.25, 0.3) is 0 Å². The first-order valence-electron chi connectivity index (χ1n) is 12.8. The van der Waals surface area contributed by atoms with E-state index in [1.54, 1.807) is 45.0 Å². The summed E-state index contributed by atoms with van der Waals surface area (Å²) in [4.78, 5) is 51.3. The molecule has 38 heavy (non-hydrogen) atoms. The summed E-state index contributed by atoms with van der Waals surface area (Å²) in [5.74, 6) is -2.28. The smallest absolute Gasteiger partial charge is 0.303 e. The Balaban J connectivity index is 2.10. The molecule has 0 aliphatic carbocycles. The fraction of sp³-hybridized carbons (Fsp3) is 0.593. The number of nitrogens with zero attached hydrogens (tertiary/aromatic N) is 2. The van der Waals surface area contributed by atoms with Crippen molar-refractivity contribution in [3.8, 4) is 6.07 Å². The number of hydrogen-bond acceptors (Lipinski definition) is 7. The van der Waals surface area contributed by atoms with E-state index in [1.165, 1.54) is 4.90 Å². The number of carbonyl (C=O) groups excluding carboxylic acids is 3. The van der Waals surface area contributed by atoms with Crippen molar-refractivity contribution in [1.29, 1.82) is 5.26 Å². The van der Waals surface area contributed by atoms with Gasteiger partial charge >= 0.3 is 5.97 Å². The van der Waals surface area contributed by atoms with Crippen molar-refractivity contribution in [2.75, 3.05) is 13.2 Å². The molecule has 2 rings (SSSR count). The van der Waals surface area contributed by atoms with Gasteiger partial charge in [-0.15, -0.1) is 0 Å². The van der Waals surface area contributed by atoms with Gasteiger partial charge in [-0.25, -0.2) is 0 Å². The van der Waals surface area contributed by atoms with Crippen LogP contribution in [-0.4, -0.2) is 75.2 Å². The maximum absolute atomic E-state index is 13.6. The molecular weight excluding hydrogens is 492 g/mol. The summed E-state index contributed by atoms with van der Waals surface area (Å²) in [6.07, 6.45) is 0.766. The molecule has 5 N–H and O–H groups in total. The van der Waals surface area contributed by atoms with E-state index < -0.39 is 54.0 Å². The molecule has 1 heterocycles. The van der Waals surface area contributed by atoms with Crippen molar-refractivity contribution in [2.24, 2.45) is 5.41 Å². The third kappa shape index (κ3) is 8.82. The Hall–Kier alpha value is -3.49. The molecule has 0 saturated carbocycles. The Bertz CT molecular complexity index is 1030. The summed E-state index contributed by atoms with van der Waals surface area (Å²) in [6.45, 7) is 4.88. The van der Waals surface area contributed by atoms with E-state index in [0.29, 0.717) is 30.4 Å². The second kappa shape index (κ2) is 13.9. The van der Waals surface area contributed by atoms with E-state index in [4.69, 9.17) is 10.4 Å². The summed E-state index contributed by atoms with van der Waals surface area (Å²) >= 11 is 0. The number of aliphatic hydroxyl groups excluding tert-OH is 2. The lowest BCUT2D eigenvalue weighted by Gasteiger charge is -2.35. The normalized spacial score (nSPS) is 18.8. The third-order valence-electron chi connectivity index (χ3n) is 6.52. The van der Waals surface area contributed by atoms with E-state index in [-0.39, 0.29) is 31.7 Å². The van der Waals surface area contributed by atoms with Crippen molar-refractivity contribution < 1.29 is 34.5 Å². The highest BCUT2D eigenvalue weighted by molar-refractivity contribution is 5.93. The van der Waals surface area contributed by atoms with Crippen LogP contribution in [0.4, 0.5) is 0 Å². The molecule has 0 spiro atoms. The zero-order chi connectivity index (χ0) is 28.5. The minimum Gasteiger partial charge on any atom is -0.481 e. The van der Waals surface area contributed by atoms with E-state index >= 15 is 0 Å². The topological polar surface area (TPSA) is 180 Å². The number of hydrogen-bond donors (Lipinski definition) is 5. The molecule has 1 aromatic carbocycles. The quantitative estimate of drug-likeness (QED) is 0.250. The van der Waals surface area contributed by atoms with E-state index in [9.17, 15) is 29.4 Å². The summed E-state index contributed by atoms with van der Waals surface area (Å²) in [6, 6.07) is 5.67. The number of likely N-dealkylation sites (tertiary alicyclic amines) is 1. The van der Waals surface area contributed by atoms with Gasteiger partial charge in [-0.3, -0.25) is 19.2 Å². The fourth-order valence-corrected chi connectivity index (χ4v) is 4.38. The molecule has 11 nitrogen and oxygen atoms in total. The van der Waals surface area contributed by atoms with E-state index in [1.807, 2.05) is 6.07 Å². The molecule has 3 amide bonds. The Morgan fingerprint density at radius 1 is 1.08 bits per heavy atom. The van der Waals surface area contributed by atoms with E-state index in [0.717, 1.165) is 0 Å². The molecule has 1 aromatic rings. The van der Waals surface area contributed by atoms with Crippen molar-refractivity contribution in [3.63, 3.8) is 0 Å². The largest absolute Gasteiger partial charge is 0.481 e. The molecule has 1 saturated heterocycles. The van der Waals surface area contributed by atoms with Gasteiger partial charge in [0, 0.05) is 25.8 Å². The van der Waals surface area contributed by atoms with Crippen LogP contribution in [0.1, 0.15) is 76.5 Å². The first kappa shape index (κ1) is 30.7. The first-order chi connectivity index (χ1) is 17.9. The molecule has 11 heteroatoms. The average molecular weight is 531 g/mol. The van der Waals surface area contributed by atoms with Gasteiger partial charge in [-0.1, -0.05) is 39.3 Å². The average Bonchev–Trinajstić information content (AvgIpc) is 3.26. The van der Waals surface area contributed by atoms with Crippen LogP contribution in [-0.2, 0) is 19.2 Å². The van der Waals surface area contributed by atoms with Crippen molar-refractivity contribution in [2.45, 2.75) is 83.5 Å². The lowest BCUT2D eigenvalue weighted by Crippen LogP contribution is -2.58. The van der Waals surface area contributed by atoms with Crippen LogP contribution < -0.4 is 10.6 Å². The first-order valence-corrected chi connectivity index (χ1v) is 12.8. The molecule has 0 aromatic heterocycles. The van der Waals surface area contributed by atoms with Crippen molar-refractivity contribution in [3.05, 3.63) is 35.4 Å². The van der Waals surface area contributed by atoms with Crippen LogP contribution in [0.5, 0.6) is 0 Å². The number of benzene rings is 1. The second-order valence-electron chi connectivity index (χ2n) is 10.7. The Morgan fingerprint density at radius 2 is 1.71 bits per heavy atom. The van der Waals surface area contributed by atoms with Gasteiger partial charge < -0.3 is 30.9 Å². The maximum atomic E-state index is 13.6. The highest BCUT2D eigenvalue weighted by atomic mass is 16.4. The number of β-amino-alcohol motifs (C(OH)–C–C–N with tert-alkyl or cyclic N) is 1. The fourth-order valence-electron chi connectivity index (χ4n) is 4.38. The highest BCUT2D eigenvalue weighted by Crippen LogP contribution is 2.27. The molecule has 1 fully saturated rings. The lowest BCUT2D eigenvalue weighted by atomic mass is 9.85. The van der Waals surface area contributed by atoms with Gasteiger partial charge in [-0.05, 0) is 36.0 Å². The Kier molecular flexibility index (Phi) is 11.2. The number of carboxylic acid groups (broad SMARTS) is 1. The van der Waals surface area contributed by atoms with Crippen LogP contribution in [0, 0.1) is 16.7 Å². The zero-order valence-electron chi connectivity index (χ0n) is 22.1. The zero-order valence-corrected chi connectivity index (χ0v) is 22.1. The van der Waals surface area contributed by atoms with Gasteiger partial charge in [-0.2, -0.15) is 5.26 Å². The predicted octanol–water partition coefficient (Wildman–Crippen LogP) is 1.24. The number of aliphatic hydroxyl groups is 2. The Morgan fingerprint density at radius 3 is 2.26 bits per heavy atom. The van der Waals surface area contributed by atoms with Gasteiger partial charge in [0.2, 0.25) is 17.7 Å². The molecule has 0 radical (unpaired) electrons. The molecule has 208 valence electrons. The summed E-state index contributed by atoms with van der Waals surface area (Å²) in [5, 5.41) is 43.4. The second-order valence-corrected chi connectivity index (χ2v) is 10.7. The molecule has 0 unspecified atom stereocenters. The summed E-state index contributed by atoms with van der Waals surface area (Å²) in [5.41, 5.74) is 0.322. The number of nitrogens with one attached hydrogen (secondary N) is 2. The number of carbonyl (C=O) groups is 4. The van der Waals surface area contributed by atoms with Crippen molar-refractivity contribution in [1.82, 2.24) is 15.5 Å². The Labute approximate surface area is 222 Å². The summed E-state index contributed by atoms with van der Waals surface area (Å²) in [7, 11) is 0. The SMILES string of the molecule is CC(C)(C)[C@H](NC(=O)CCCCCC(=O)O)C(=O)N1C[C@H](O)C[C@H]1C(=O)N[C@@H](CO)c1ccc(C#N)cc1. The third-order valence-corrected chi connectivity index (χ3v) is 6.52. The molecule has 0 bridgehead atoms. The van der Waals surface area contributed by atoms with Gasteiger partial charge in [0.1, 0.15) is 12.1 Å². The van der Waals surface area contributed by atoms with Crippen molar-refractivity contribution >= 4 is 23.7 Å². The van der Waals surface area contributed by atoms with Gasteiger partial charge in [0.05, 0.1) is 30.4 Å². The van der Waals surface area contributed by atoms with Gasteiger partial charge in [0.25, 0.3) is 0 Å². The molecule has 1 aliphatic heterocycles. The van der Waals surface area contributed by atoms with E-state index in [2.05, 4.69) is 10.6 Å². The van der Waals surface area contributed by atoms with Crippen LogP contribution >= 0.6 is 0 Å². The van der Waals surface area contributed by atoms with Gasteiger partial charge in [0.15, 0.2) is 0 Å². The number of nitriles is 1. The van der Waals surface area contributed by atoms with Crippen LogP contribution in [0.2, 0.25) is 0 Å². The number of amides is 3. The standard InChI is InChI=1S/C27H38N4O7/c1-27(2,3)24(30-22(34)7-5-4-6-8-23(35)36)26(38)31-15-19(33)13-21(31)25(37)29-20(16-32)18-11-9-17(14-28)10-12-18/h9-12,19-21,24,32-33H,4-8,13,15-16H2,1-3H3,(H,29,37)(H,30,34)(H,35,36)/t19-,20+,21+,24-/m1/s1. The lowest BCUT2D eigenvalue weighted by molar-refractivity contribution is -0.144. The minimum atomic E-state index is -0.997. The van der Waals surface area contributed by atoms with Crippen LogP contribution in [0.15, 0.2) is 24.3 Å². The molecular formula is C27H38N4O7. The van der Waals surface area contributed by atoms with Crippen LogP contribution in [0.3, 0.4) is 0 Å². The minimum absolute atomic E-state index is 0.0114. The molecule has 4 atom stereocenters. The number of carboxylic acids is 1. The monoisotopic (exact) mass is 530 g/mol. The summed E-state index contributed by atoms with van der Waals surface area (Å²) < 4.78 is 0. The maximum Gasteiger partial charge on any atom is 0.303 e. The highest BCUT2D eigenvalue weighted by Gasteiger charge is 2.44. The number of rotatable bonds is 12. The number of unbranched alkanes of at least 4 members (excludes halogenated alkanes) is 2. The molecule has 1 aliphatic rings. The predicted molar refractivity (Wildman–Crippen MR) is 137 cm³/mol.